The Labute approximate surface area is 115 Å². The van der Waals surface area contributed by atoms with E-state index < -0.39 is 0 Å². The first-order valence-corrected chi connectivity index (χ1v) is 6.59. The Bertz CT molecular complexity index is 690. The van der Waals surface area contributed by atoms with E-state index in [1.807, 2.05) is 12.1 Å². The number of halogens is 1. The zero-order chi connectivity index (χ0) is 13.2. The summed E-state index contributed by atoms with van der Waals surface area (Å²) < 4.78 is 7.15. The molecule has 98 valence electrons. The summed E-state index contributed by atoms with van der Waals surface area (Å²) in [5.74, 6) is 1.87. The smallest absolute Gasteiger partial charge is 0.228 e. The molecule has 0 fully saturated rings. The van der Waals surface area contributed by atoms with Crippen LogP contribution in [0.25, 0.3) is 11.0 Å². The zero-order valence-electron chi connectivity index (χ0n) is 10.5. The molecule has 6 heteroatoms. The third kappa shape index (κ3) is 2.21. The van der Waals surface area contributed by atoms with Crippen LogP contribution in [0.2, 0.25) is 0 Å². The molecule has 3 rings (SSSR count). The molecule has 5 nitrogen and oxygen atoms in total. The van der Waals surface area contributed by atoms with Gasteiger partial charge >= 0.3 is 0 Å². The van der Waals surface area contributed by atoms with E-state index in [0.29, 0.717) is 18.2 Å². The Kier molecular flexibility index (Phi) is 3.21. The SMILES string of the molecule is Cc1cccc2nc(CCl)n(CCc3ncno3)c12. The van der Waals surface area contributed by atoms with Crippen LogP contribution in [-0.4, -0.2) is 19.7 Å². The lowest BCUT2D eigenvalue weighted by Crippen LogP contribution is -2.06. The molecule has 3 aromatic rings. The number of imidazole rings is 1. The minimum atomic E-state index is 0.387. The molecule has 0 radical (unpaired) electrons. The minimum Gasteiger partial charge on any atom is -0.340 e. The van der Waals surface area contributed by atoms with Crippen LogP contribution in [0.4, 0.5) is 0 Å². The number of aryl methyl sites for hydroxylation is 3. The van der Waals surface area contributed by atoms with Crippen LogP contribution in [0.3, 0.4) is 0 Å². The van der Waals surface area contributed by atoms with Crippen LogP contribution in [0.1, 0.15) is 17.3 Å². The Morgan fingerprint density at radius 1 is 1.37 bits per heavy atom. The standard InChI is InChI=1S/C13H13ClN4O/c1-9-3-2-4-10-13(9)18(11(7-14)17-10)6-5-12-15-8-16-19-12/h2-4,8H,5-7H2,1H3. The Hall–Kier alpha value is -1.88. The zero-order valence-corrected chi connectivity index (χ0v) is 11.3. The van der Waals surface area contributed by atoms with Gasteiger partial charge in [0.25, 0.3) is 0 Å². The van der Waals surface area contributed by atoms with E-state index >= 15 is 0 Å². The van der Waals surface area contributed by atoms with Crippen molar-refractivity contribution in [1.82, 2.24) is 19.7 Å². The van der Waals surface area contributed by atoms with E-state index in [4.69, 9.17) is 16.1 Å². The van der Waals surface area contributed by atoms with Gasteiger partial charge in [0, 0.05) is 13.0 Å². The first-order chi connectivity index (χ1) is 9.29. The van der Waals surface area contributed by atoms with Crippen LogP contribution >= 0.6 is 11.6 Å². The van der Waals surface area contributed by atoms with Crippen LogP contribution in [0.15, 0.2) is 29.0 Å². The van der Waals surface area contributed by atoms with Crippen molar-refractivity contribution in [2.24, 2.45) is 0 Å². The molecule has 0 saturated heterocycles. The first kappa shape index (κ1) is 12.2. The number of rotatable bonds is 4. The highest BCUT2D eigenvalue weighted by Gasteiger charge is 2.12. The predicted molar refractivity (Wildman–Crippen MR) is 72.0 cm³/mol. The molecule has 0 saturated carbocycles. The van der Waals surface area contributed by atoms with E-state index in [1.165, 1.54) is 11.9 Å². The van der Waals surface area contributed by atoms with E-state index in [9.17, 15) is 0 Å². The van der Waals surface area contributed by atoms with Gasteiger partial charge in [0.15, 0.2) is 6.33 Å². The van der Waals surface area contributed by atoms with Crippen molar-refractivity contribution in [2.45, 2.75) is 25.8 Å². The third-order valence-electron chi connectivity index (χ3n) is 3.12. The summed E-state index contributed by atoms with van der Waals surface area (Å²) in [6, 6.07) is 6.08. The van der Waals surface area contributed by atoms with Crippen molar-refractivity contribution >= 4 is 22.6 Å². The normalized spacial score (nSPS) is 11.3. The molecule has 0 atom stereocenters. The second-order valence-corrected chi connectivity index (χ2v) is 4.61. The number of benzene rings is 1. The number of hydrogen-bond donors (Lipinski definition) is 0. The fraction of sp³-hybridized carbons (Fsp3) is 0.308. The Morgan fingerprint density at radius 2 is 2.26 bits per heavy atom. The van der Waals surface area contributed by atoms with Crippen molar-refractivity contribution < 1.29 is 4.52 Å². The van der Waals surface area contributed by atoms with Gasteiger partial charge in [0.05, 0.1) is 16.9 Å². The van der Waals surface area contributed by atoms with E-state index in [2.05, 4.69) is 32.7 Å². The van der Waals surface area contributed by atoms with Crippen molar-refractivity contribution in [3.8, 4) is 0 Å². The molecular weight excluding hydrogens is 264 g/mol. The first-order valence-electron chi connectivity index (χ1n) is 6.06. The second kappa shape index (κ2) is 5.01. The fourth-order valence-electron chi connectivity index (χ4n) is 2.27. The van der Waals surface area contributed by atoms with Gasteiger partial charge in [-0.1, -0.05) is 17.3 Å². The molecule has 0 unspecified atom stereocenters. The summed E-state index contributed by atoms with van der Waals surface area (Å²) in [6.45, 7) is 2.80. The van der Waals surface area contributed by atoms with Crippen LogP contribution in [0.5, 0.6) is 0 Å². The largest absolute Gasteiger partial charge is 0.340 e. The molecule has 2 heterocycles. The lowest BCUT2D eigenvalue weighted by Gasteiger charge is -2.07. The van der Waals surface area contributed by atoms with Crippen LogP contribution in [-0.2, 0) is 18.8 Å². The molecule has 1 aromatic carbocycles. The topological polar surface area (TPSA) is 56.7 Å². The highest BCUT2D eigenvalue weighted by atomic mass is 35.5. The quantitative estimate of drug-likeness (QED) is 0.688. The van der Waals surface area contributed by atoms with Gasteiger partial charge in [0.1, 0.15) is 5.82 Å². The lowest BCUT2D eigenvalue weighted by atomic mass is 10.2. The minimum absolute atomic E-state index is 0.387. The van der Waals surface area contributed by atoms with Gasteiger partial charge in [-0.2, -0.15) is 4.98 Å². The summed E-state index contributed by atoms with van der Waals surface area (Å²) in [5, 5.41) is 3.61. The lowest BCUT2D eigenvalue weighted by molar-refractivity contribution is 0.371. The van der Waals surface area contributed by atoms with Crippen molar-refractivity contribution in [3.05, 3.63) is 41.8 Å². The molecule has 0 spiro atoms. The highest BCUT2D eigenvalue weighted by molar-refractivity contribution is 6.16. The number of fused-ring (bicyclic) bond motifs is 1. The Morgan fingerprint density at radius 3 is 3.00 bits per heavy atom. The molecule has 19 heavy (non-hydrogen) atoms. The third-order valence-corrected chi connectivity index (χ3v) is 3.36. The average molecular weight is 277 g/mol. The number of nitrogens with zero attached hydrogens (tertiary/aromatic N) is 4. The maximum atomic E-state index is 5.98. The van der Waals surface area contributed by atoms with Gasteiger partial charge in [-0.25, -0.2) is 4.98 Å². The predicted octanol–water partition coefficient (Wildman–Crippen LogP) is 2.71. The molecular formula is C13H13ClN4O. The van der Waals surface area contributed by atoms with Gasteiger partial charge in [-0.3, -0.25) is 0 Å². The van der Waals surface area contributed by atoms with E-state index in [-0.39, 0.29) is 0 Å². The number of aromatic nitrogens is 4. The molecule has 0 bridgehead atoms. The molecule has 0 amide bonds. The van der Waals surface area contributed by atoms with E-state index in [0.717, 1.165) is 23.4 Å². The second-order valence-electron chi connectivity index (χ2n) is 4.34. The molecule has 0 aliphatic rings. The average Bonchev–Trinajstić information content (AvgIpc) is 3.03. The van der Waals surface area contributed by atoms with Crippen molar-refractivity contribution in [3.63, 3.8) is 0 Å². The molecule has 0 aliphatic heterocycles. The summed E-state index contributed by atoms with van der Waals surface area (Å²) in [4.78, 5) is 8.59. The van der Waals surface area contributed by atoms with Gasteiger partial charge in [-0.05, 0) is 18.6 Å². The summed E-state index contributed by atoms with van der Waals surface area (Å²) in [6.07, 6.45) is 2.08. The van der Waals surface area contributed by atoms with Crippen LogP contribution in [0, 0.1) is 6.92 Å². The molecule has 0 N–H and O–H groups in total. The monoisotopic (exact) mass is 276 g/mol. The Balaban J connectivity index is 2.00. The van der Waals surface area contributed by atoms with Crippen molar-refractivity contribution in [2.75, 3.05) is 0 Å². The molecule has 2 aromatic heterocycles. The van der Waals surface area contributed by atoms with Crippen molar-refractivity contribution in [1.29, 1.82) is 0 Å². The van der Waals surface area contributed by atoms with Crippen LogP contribution < -0.4 is 0 Å². The fourth-order valence-corrected chi connectivity index (χ4v) is 2.47. The maximum absolute atomic E-state index is 5.98. The maximum Gasteiger partial charge on any atom is 0.228 e. The van der Waals surface area contributed by atoms with Gasteiger partial charge in [0.2, 0.25) is 5.89 Å². The van der Waals surface area contributed by atoms with E-state index in [1.54, 1.807) is 0 Å². The number of hydrogen-bond acceptors (Lipinski definition) is 4. The van der Waals surface area contributed by atoms with Gasteiger partial charge < -0.3 is 9.09 Å². The highest BCUT2D eigenvalue weighted by Crippen LogP contribution is 2.21. The molecule has 0 aliphatic carbocycles. The summed E-state index contributed by atoms with van der Waals surface area (Å²) >= 11 is 5.98. The summed E-state index contributed by atoms with van der Waals surface area (Å²) in [5.41, 5.74) is 3.28. The summed E-state index contributed by atoms with van der Waals surface area (Å²) in [7, 11) is 0. The number of para-hydroxylation sites is 1. The van der Waals surface area contributed by atoms with Gasteiger partial charge in [-0.15, -0.1) is 11.6 Å². The number of alkyl halides is 1.